The second-order valence-corrected chi connectivity index (χ2v) is 11.3. The molecular weight excluding hydrogens is 514 g/mol. The molecule has 2 spiro atoms. The maximum atomic E-state index is 13.6. The first-order chi connectivity index (χ1) is 18.9. The topological polar surface area (TPSA) is 104 Å². The van der Waals surface area contributed by atoms with Crippen LogP contribution in [-0.4, -0.2) is 45.5 Å². The summed E-state index contributed by atoms with van der Waals surface area (Å²) in [6.07, 6.45) is 6.01. The van der Waals surface area contributed by atoms with E-state index in [1.54, 1.807) is 12.3 Å². The first-order valence-electron chi connectivity index (χ1n) is 13.2. The van der Waals surface area contributed by atoms with Gasteiger partial charge in [0, 0.05) is 23.0 Å². The van der Waals surface area contributed by atoms with Gasteiger partial charge in [-0.2, -0.15) is 0 Å². The number of hydrogen-bond donors (Lipinski definition) is 2. The Labute approximate surface area is 230 Å². The molecule has 2 aliphatic heterocycles. The van der Waals surface area contributed by atoms with Gasteiger partial charge in [0.1, 0.15) is 23.7 Å². The Balaban J connectivity index is 1.12. The summed E-state index contributed by atoms with van der Waals surface area (Å²) in [5, 5.41) is 6.37. The SMILES string of the molecule is O=C(CN1C(=O)C2(CCCC2)N=C1c1ccccc1Cl)Nc1ccc2c(c1)C[C@@]1(C2)C(=O)Nc2ncccc21. The minimum absolute atomic E-state index is 0.0437. The lowest BCUT2D eigenvalue weighted by atomic mass is 9.79. The Morgan fingerprint density at radius 3 is 2.64 bits per heavy atom. The Kier molecular flexibility index (Phi) is 5.39. The van der Waals surface area contributed by atoms with Crippen LogP contribution in [0.1, 0.15) is 47.9 Å². The number of fused-ring (bicyclic) bond motifs is 3. The number of aliphatic imine (C=N–C) groups is 1. The predicted molar refractivity (Wildman–Crippen MR) is 148 cm³/mol. The highest BCUT2D eigenvalue weighted by Gasteiger charge is 2.52. The summed E-state index contributed by atoms with van der Waals surface area (Å²) in [5.41, 5.74) is 2.80. The van der Waals surface area contributed by atoms with Crippen LogP contribution in [0.5, 0.6) is 0 Å². The summed E-state index contributed by atoms with van der Waals surface area (Å²) in [7, 11) is 0. The number of hydrogen-bond acceptors (Lipinski definition) is 5. The highest BCUT2D eigenvalue weighted by atomic mass is 35.5. The monoisotopic (exact) mass is 539 g/mol. The van der Waals surface area contributed by atoms with E-state index in [2.05, 4.69) is 15.6 Å². The van der Waals surface area contributed by atoms with E-state index in [0.29, 0.717) is 53.6 Å². The van der Waals surface area contributed by atoms with Crippen LogP contribution in [0, 0.1) is 0 Å². The fourth-order valence-electron chi connectivity index (χ4n) is 6.63. The molecule has 39 heavy (non-hydrogen) atoms. The van der Waals surface area contributed by atoms with Gasteiger partial charge in [-0.05, 0) is 67.1 Å². The molecule has 196 valence electrons. The van der Waals surface area contributed by atoms with E-state index in [1.165, 1.54) is 4.90 Å². The molecule has 0 unspecified atom stereocenters. The Morgan fingerprint density at radius 1 is 1.03 bits per heavy atom. The van der Waals surface area contributed by atoms with E-state index in [1.807, 2.05) is 48.5 Å². The number of halogens is 1. The van der Waals surface area contributed by atoms with Crippen LogP contribution in [-0.2, 0) is 32.6 Å². The fourth-order valence-corrected chi connectivity index (χ4v) is 6.85. The third kappa shape index (κ3) is 3.69. The summed E-state index contributed by atoms with van der Waals surface area (Å²) < 4.78 is 0. The molecule has 0 bridgehead atoms. The molecule has 3 aromatic rings. The van der Waals surface area contributed by atoms with E-state index < -0.39 is 11.0 Å². The molecule has 0 radical (unpaired) electrons. The van der Waals surface area contributed by atoms with E-state index in [-0.39, 0.29) is 24.3 Å². The van der Waals surface area contributed by atoms with Crippen molar-refractivity contribution in [1.29, 1.82) is 0 Å². The maximum absolute atomic E-state index is 13.6. The van der Waals surface area contributed by atoms with Crippen LogP contribution in [0.2, 0.25) is 5.02 Å². The molecule has 1 atom stereocenters. The molecule has 2 N–H and O–H groups in total. The summed E-state index contributed by atoms with van der Waals surface area (Å²) in [4.78, 5) is 50.6. The van der Waals surface area contributed by atoms with Gasteiger partial charge in [0.15, 0.2) is 0 Å². The number of carbonyl (C=O) groups is 3. The zero-order valence-electron chi connectivity index (χ0n) is 21.2. The standard InChI is InChI=1S/C30H26ClN5O3/c31-23-8-2-1-6-21(23)26-35-30(11-3-4-12-30)28(39)36(26)17-24(37)33-20-10-9-18-15-29(16-19(18)14-20)22-7-5-13-32-25(22)34-27(29)38/h1-2,5-10,13-14H,3-4,11-12,15-17H2,(H,33,37)(H,32,34,38)/t29-/m1/s1. The Bertz CT molecular complexity index is 1590. The molecule has 1 saturated carbocycles. The number of nitrogens with one attached hydrogen (secondary N) is 2. The van der Waals surface area contributed by atoms with Crippen LogP contribution in [0.4, 0.5) is 11.5 Å². The van der Waals surface area contributed by atoms with Crippen molar-refractivity contribution in [3.05, 3.63) is 88.1 Å². The lowest BCUT2D eigenvalue weighted by molar-refractivity contribution is -0.133. The summed E-state index contributed by atoms with van der Waals surface area (Å²) >= 11 is 6.47. The van der Waals surface area contributed by atoms with Crippen LogP contribution >= 0.6 is 11.6 Å². The molecule has 7 rings (SSSR count). The Hall–Kier alpha value is -4.04. The molecule has 3 amide bonds. The van der Waals surface area contributed by atoms with Gasteiger partial charge in [-0.1, -0.05) is 48.7 Å². The van der Waals surface area contributed by atoms with Gasteiger partial charge in [0.25, 0.3) is 5.91 Å². The van der Waals surface area contributed by atoms with E-state index >= 15 is 0 Å². The smallest absolute Gasteiger partial charge is 0.256 e. The molecule has 2 aliphatic carbocycles. The summed E-state index contributed by atoms with van der Waals surface area (Å²) in [5.74, 6) is 0.574. The third-order valence-corrected chi connectivity index (χ3v) is 8.86. The van der Waals surface area contributed by atoms with Crippen molar-refractivity contribution in [3.8, 4) is 0 Å². The molecule has 0 saturated heterocycles. The quantitative estimate of drug-likeness (QED) is 0.517. The van der Waals surface area contributed by atoms with E-state index in [0.717, 1.165) is 29.5 Å². The molecule has 1 fully saturated rings. The van der Waals surface area contributed by atoms with Gasteiger partial charge in [-0.25, -0.2) is 4.98 Å². The number of carbonyl (C=O) groups excluding carboxylic acids is 3. The summed E-state index contributed by atoms with van der Waals surface area (Å²) in [6, 6.07) is 16.8. The number of benzene rings is 2. The van der Waals surface area contributed by atoms with E-state index in [4.69, 9.17) is 16.6 Å². The zero-order chi connectivity index (χ0) is 26.8. The second-order valence-electron chi connectivity index (χ2n) is 10.9. The third-order valence-electron chi connectivity index (χ3n) is 8.53. The van der Waals surface area contributed by atoms with Crippen molar-refractivity contribution in [2.45, 2.75) is 49.5 Å². The fraction of sp³-hybridized carbons (Fsp3) is 0.300. The molecule has 3 heterocycles. The van der Waals surface area contributed by atoms with Gasteiger partial charge in [-0.3, -0.25) is 24.3 Å². The number of anilines is 2. The molecule has 4 aliphatic rings. The van der Waals surface area contributed by atoms with Crippen molar-refractivity contribution >= 4 is 46.7 Å². The largest absolute Gasteiger partial charge is 0.325 e. The number of amidine groups is 1. The lowest BCUT2D eigenvalue weighted by Crippen LogP contribution is -2.45. The highest BCUT2D eigenvalue weighted by molar-refractivity contribution is 6.35. The van der Waals surface area contributed by atoms with Gasteiger partial charge in [-0.15, -0.1) is 0 Å². The first kappa shape index (κ1) is 24.0. The minimum atomic E-state index is -0.802. The normalized spacial score (nSPS) is 22.3. The molecule has 9 heteroatoms. The average Bonchev–Trinajstić information content (AvgIpc) is 3.68. The van der Waals surface area contributed by atoms with Crippen molar-refractivity contribution in [1.82, 2.24) is 9.88 Å². The highest BCUT2D eigenvalue weighted by Crippen LogP contribution is 2.47. The second kappa shape index (κ2) is 8.74. The maximum Gasteiger partial charge on any atom is 0.256 e. The van der Waals surface area contributed by atoms with Gasteiger partial charge in [0.05, 0.1) is 10.4 Å². The Morgan fingerprint density at radius 2 is 1.82 bits per heavy atom. The number of pyridine rings is 1. The number of rotatable bonds is 4. The molecular formula is C30H26ClN5O3. The molecule has 2 aromatic carbocycles. The molecule has 1 aromatic heterocycles. The number of aromatic nitrogens is 1. The van der Waals surface area contributed by atoms with Gasteiger partial charge in [0.2, 0.25) is 11.8 Å². The van der Waals surface area contributed by atoms with Crippen molar-refractivity contribution in [2.24, 2.45) is 4.99 Å². The van der Waals surface area contributed by atoms with Crippen molar-refractivity contribution in [3.63, 3.8) is 0 Å². The minimum Gasteiger partial charge on any atom is -0.325 e. The predicted octanol–water partition coefficient (Wildman–Crippen LogP) is 4.26. The lowest BCUT2D eigenvalue weighted by Gasteiger charge is -2.22. The average molecular weight is 540 g/mol. The van der Waals surface area contributed by atoms with E-state index in [9.17, 15) is 14.4 Å². The molecule has 8 nitrogen and oxygen atoms in total. The summed E-state index contributed by atoms with van der Waals surface area (Å²) in [6.45, 7) is -0.160. The van der Waals surface area contributed by atoms with Gasteiger partial charge >= 0.3 is 0 Å². The van der Waals surface area contributed by atoms with Crippen LogP contribution in [0.25, 0.3) is 0 Å². The first-order valence-corrected chi connectivity index (χ1v) is 13.6. The van der Waals surface area contributed by atoms with Crippen molar-refractivity contribution in [2.75, 3.05) is 17.2 Å². The zero-order valence-corrected chi connectivity index (χ0v) is 21.9. The van der Waals surface area contributed by atoms with Crippen LogP contribution in [0.15, 0.2) is 65.8 Å². The number of amides is 3. The van der Waals surface area contributed by atoms with Gasteiger partial charge < -0.3 is 10.6 Å². The van der Waals surface area contributed by atoms with Crippen LogP contribution in [0.3, 0.4) is 0 Å². The number of nitrogens with zero attached hydrogens (tertiary/aromatic N) is 3. The van der Waals surface area contributed by atoms with Crippen molar-refractivity contribution < 1.29 is 14.4 Å². The van der Waals surface area contributed by atoms with Crippen LogP contribution < -0.4 is 10.6 Å².